The lowest BCUT2D eigenvalue weighted by atomic mass is 10.0. The summed E-state index contributed by atoms with van der Waals surface area (Å²) in [6.07, 6.45) is 0.282. The lowest BCUT2D eigenvalue weighted by molar-refractivity contribution is -0.127. The number of benzene rings is 3. The molecule has 200 valence electrons. The number of fused-ring (bicyclic) bond motifs is 2. The minimum absolute atomic E-state index is 0.152. The van der Waals surface area contributed by atoms with Crippen LogP contribution in [0.2, 0.25) is 0 Å². The standard InChI is InChI=1S/C29H28N4O6/c1-18(35)14-21(17-34)30-27(37)16-33-26-13-6-5-12-25(26)32(19(2)36)15-24(29(33)39)31-28(38)23-11-7-9-20-8-3-4-10-22(20)23/h3-13,17,21,24H,14-16H2,1-2H3,(H,30,37)(H,31,38)/t21-,24-/m0/s1. The van der Waals surface area contributed by atoms with E-state index in [9.17, 15) is 28.8 Å². The number of nitrogens with zero attached hydrogens (tertiary/aromatic N) is 2. The molecule has 1 aliphatic heterocycles. The van der Waals surface area contributed by atoms with E-state index >= 15 is 0 Å². The van der Waals surface area contributed by atoms with Crippen molar-refractivity contribution in [3.63, 3.8) is 0 Å². The predicted molar refractivity (Wildman–Crippen MR) is 145 cm³/mol. The lowest BCUT2D eigenvalue weighted by Gasteiger charge is -2.25. The lowest BCUT2D eigenvalue weighted by Crippen LogP contribution is -2.54. The number of hydrogen-bond acceptors (Lipinski definition) is 6. The summed E-state index contributed by atoms with van der Waals surface area (Å²) in [5.41, 5.74) is 1.05. The Morgan fingerprint density at radius 2 is 1.62 bits per heavy atom. The highest BCUT2D eigenvalue weighted by Gasteiger charge is 2.37. The number of carbonyl (C=O) groups excluding carboxylic acids is 6. The Hall–Kier alpha value is -4.86. The topological polar surface area (TPSA) is 133 Å². The van der Waals surface area contributed by atoms with Gasteiger partial charge in [-0.2, -0.15) is 0 Å². The van der Waals surface area contributed by atoms with E-state index in [2.05, 4.69) is 10.6 Å². The van der Waals surface area contributed by atoms with Gasteiger partial charge < -0.3 is 20.3 Å². The van der Waals surface area contributed by atoms with E-state index in [0.717, 1.165) is 5.39 Å². The third-order valence-corrected chi connectivity index (χ3v) is 6.43. The number of hydrogen-bond donors (Lipinski definition) is 2. The second kappa shape index (κ2) is 11.7. The predicted octanol–water partition coefficient (Wildman–Crippen LogP) is 2.00. The summed E-state index contributed by atoms with van der Waals surface area (Å²) < 4.78 is 0. The van der Waals surface area contributed by atoms with Crippen molar-refractivity contribution in [3.8, 4) is 0 Å². The number of amides is 4. The number of Topliss-reactive ketones (excluding diaryl/α,β-unsaturated/α-hetero) is 1. The number of anilines is 2. The van der Waals surface area contributed by atoms with E-state index in [-0.39, 0.29) is 24.7 Å². The normalized spacial score (nSPS) is 15.6. The van der Waals surface area contributed by atoms with Crippen molar-refractivity contribution < 1.29 is 28.8 Å². The highest BCUT2D eigenvalue weighted by atomic mass is 16.2. The summed E-state index contributed by atoms with van der Waals surface area (Å²) in [6.45, 7) is 2.01. The Bertz CT molecular complexity index is 1460. The van der Waals surface area contributed by atoms with Crippen LogP contribution in [0.1, 0.15) is 30.6 Å². The first-order valence-corrected chi connectivity index (χ1v) is 12.4. The maximum Gasteiger partial charge on any atom is 0.252 e. The van der Waals surface area contributed by atoms with Crippen LogP contribution in [0.5, 0.6) is 0 Å². The number of aldehydes is 1. The molecular formula is C29H28N4O6. The SMILES string of the molecule is CC(=O)C[C@@H](C=O)NC(=O)CN1C(=O)[C@@H](NC(=O)c2cccc3ccccc23)CN(C(C)=O)c2ccccc21. The molecule has 0 bridgehead atoms. The van der Waals surface area contributed by atoms with Crippen molar-refractivity contribution in [2.24, 2.45) is 0 Å². The largest absolute Gasteiger partial charge is 0.345 e. The van der Waals surface area contributed by atoms with Crippen molar-refractivity contribution in [1.82, 2.24) is 10.6 Å². The summed E-state index contributed by atoms with van der Waals surface area (Å²) in [5.74, 6) is -2.42. The molecule has 0 aromatic heterocycles. The molecule has 39 heavy (non-hydrogen) atoms. The Morgan fingerprint density at radius 3 is 2.31 bits per heavy atom. The highest BCUT2D eigenvalue weighted by Crippen LogP contribution is 2.33. The zero-order valence-corrected chi connectivity index (χ0v) is 21.5. The molecule has 0 aliphatic carbocycles. The van der Waals surface area contributed by atoms with Gasteiger partial charge >= 0.3 is 0 Å². The minimum Gasteiger partial charge on any atom is -0.345 e. The summed E-state index contributed by atoms with van der Waals surface area (Å²) in [6, 6.07) is 17.0. The molecule has 3 aromatic rings. The van der Waals surface area contributed by atoms with Gasteiger partial charge in [-0.05, 0) is 35.9 Å². The monoisotopic (exact) mass is 528 g/mol. The van der Waals surface area contributed by atoms with Gasteiger partial charge in [-0.25, -0.2) is 0 Å². The van der Waals surface area contributed by atoms with Crippen molar-refractivity contribution >= 4 is 57.8 Å². The molecular weight excluding hydrogens is 500 g/mol. The van der Waals surface area contributed by atoms with Gasteiger partial charge in [0.1, 0.15) is 24.7 Å². The van der Waals surface area contributed by atoms with Gasteiger partial charge in [0.05, 0.1) is 24.0 Å². The first-order chi connectivity index (χ1) is 18.7. The molecule has 3 aromatic carbocycles. The maximum absolute atomic E-state index is 13.8. The quantitative estimate of drug-likeness (QED) is 0.430. The Balaban J connectivity index is 1.67. The number of nitrogens with one attached hydrogen (secondary N) is 2. The summed E-state index contributed by atoms with van der Waals surface area (Å²) in [5, 5.41) is 6.78. The van der Waals surface area contributed by atoms with Crippen molar-refractivity contribution in [1.29, 1.82) is 0 Å². The number of para-hydroxylation sites is 2. The third-order valence-electron chi connectivity index (χ3n) is 6.43. The van der Waals surface area contributed by atoms with Crippen LogP contribution >= 0.6 is 0 Å². The van der Waals surface area contributed by atoms with Gasteiger partial charge in [0, 0.05) is 18.9 Å². The van der Waals surface area contributed by atoms with E-state index < -0.39 is 36.3 Å². The molecule has 10 heteroatoms. The third kappa shape index (κ3) is 6.01. The second-order valence-electron chi connectivity index (χ2n) is 9.31. The van der Waals surface area contributed by atoms with Gasteiger partial charge in [-0.3, -0.25) is 28.9 Å². The molecule has 2 atom stereocenters. The number of ketones is 1. The van der Waals surface area contributed by atoms with Crippen LogP contribution in [-0.4, -0.2) is 60.9 Å². The van der Waals surface area contributed by atoms with Crippen molar-refractivity contribution in [2.75, 3.05) is 22.9 Å². The minimum atomic E-state index is -1.18. The maximum atomic E-state index is 13.8. The fourth-order valence-electron chi connectivity index (χ4n) is 4.65. The summed E-state index contributed by atoms with van der Waals surface area (Å²) >= 11 is 0. The molecule has 0 fully saturated rings. The zero-order valence-electron chi connectivity index (χ0n) is 21.5. The molecule has 10 nitrogen and oxygen atoms in total. The Morgan fingerprint density at radius 1 is 0.949 bits per heavy atom. The van der Waals surface area contributed by atoms with Crippen LogP contribution in [-0.2, 0) is 24.0 Å². The van der Waals surface area contributed by atoms with Gasteiger partial charge in [0.25, 0.3) is 11.8 Å². The van der Waals surface area contributed by atoms with Crippen LogP contribution in [0.4, 0.5) is 11.4 Å². The summed E-state index contributed by atoms with van der Waals surface area (Å²) in [4.78, 5) is 78.2. The highest BCUT2D eigenvalue weighted by molar-refractivity contribution is 6.12. The molecule has 0 saturated carbocycles. The average Bonchev–Trinajstić information content (AvgIpc) is 3.02. The van der Waals surface area contributed by atoms with E-state index in [4.69, 9.17) is 0 Å². The molecule has 1 heterocycles. The average molecular weight is 529 g/mol. The van der Waals surface area contributed by atoms with E-state index in [1.54, 1.807) is 42.5 Å². The van der Waals surface area contributed by atoms with Gasteiger partial charge in [0.2, 0.25) is 11.8 Å². The molecule has 0 radical (unpaired) electrons. The van der Waals surface area contributed by atoms with Crippen LogP contribution in [0.15, 0.2) is 66.7 Å². The molecule has 4 amide bonds. The van der Waals surface area contributed by atoms with Crippen LogP contribution in [0, 0.1) is 0 Å². The van der Waals surface area contributed by atoms with E-state index in [0.29, 0.717) is 28.6 Å². The van der Waals surface area contributed by atoms with E-state index in [1.807, 2.05) is 24.3 Å². The van der Waals surface area contributed by atoms with Crippen molar-refractivity contribution in [3.05, 3.63) is 72.3 Å². The molecule has 2 N–H and O–H groups in total. The van der Waals surface area contributed by atoms with Gasteiger partial charge in [-0.1, -0.05) is 48.5 Å². The Labute approximate surface area is 224 Å². The number of rotatable bonds is 8. The first-order valence-electron chi connectivity index (χ1n) is 12.4. The van der Waals surface area contributed by atoms with Crippen LogP contribution in [0.25, 0.3) is 10.8 Å². The molecule has 0 spiro atoms. The molecule has 4 rings (SSSR count). The van der Waals surface area contributed by atoms with E-state index in [1.165, 1.54) is 23.6 Å². The molecule has 0 unspecified atom stereocenters. The second-order valence-corrected chi connectivity index (χ2v) is 9.31. The van der Waals surface area contributed by atoms with Crippen molar-refractivity contribution in [2.45, 2.75) is 32.4 Å². The smallest absolute Gasteiger partial charge is 0.252 e. The van der Waals surface area contributed by atoms with Gasteiger partial charge in [-0.15, -0.1) is 0 Å². The zero-order chi connectivity index (χ0) is 28.1. The first kappa shape index (κ1) is 27.2. The van der Waals surface area contributed by atoms with Crippen LogP contribution < -0.4 is 20.4 Å². The summed E-state index contributed by atoms with van der Waals surface area (Å²) in [7, 11) is 0. The fourth-order valence-corrected chi connectivity index (χ4v) is 4.65. The Kier molecular flexibility index (Phi) is 8.14. The molecule has 1 aliphatic rings. The molecule has 0 saturated heterocycles. The van der Waals surface area contributed by atoms with Gasteiger partial charge in [0.15, 0.2) is 0 Å². The fraction of sp³-hybridized carbons (Fsp3) is 0.241. The number of carbonyl (C=O) groups is 6. The van der Waals surface area contributed by atoms with Crippen LogP contribution in [0.3, 0.4) is 0 Å².